The molecule has 7 nitrogen and oxygen atoms in total. The molecular formula is C16H16ClN5O2. The van der Waals surface area contributed by atoms with Gasteiger partial charge >= 0.3 is 0 Å². The zero-order chi connectivity index (χ0) is 15.9. The zero-order valence-corrected chi connectivity index (χ0v) is 13.6. The van der Waals surface area contributed by atoms with Crippen LogP contribution in [-0.4, -0.2) is 25.7 Å². The summed E-state index contributed by atoms with van der Waals surface area (Å²) in [6.07, 6.45) is 5.79. The first-order valence-corrected chi connectivity index (χ1v) is 7.44. The molecule has 3 aromatic rings. The molecule has 0 bridgehead atoms. The van der Waals surface area contributed by atoms with E-state index in [1.54, 1.807) is 10.9 Å². The minimum Gasteiger partial charge on any atom is -0.330 e. The van der Waals surface area contributed by atoms with Gasteiger partial charge in [-0.05, 0) is 31.4 Å². The van der Waals surface area contributed by atoms with Crippen LogP contribution in [0.15, 0.2) is 47.2 Å². The fraction of sp³-hybridized carbons (Fsp3) is 0.250. The molecule has 1 aliphatic rings. The average molecular weight is 346 g/mol. The van der Waals surface area contributed by atoms with Crippen LogP contribution in [0.4, 0.5) is 0 Å². The first-order chi connectivity index (χ1) is 11.2. The van der Waals surface area contributed by atoms with Gasteiger partial charge in [-0.2, -0.15) is 10.1 Å². The van der Waals surface area contributed by atoms with Gasteiger partial charge in [0.05, 0.1) is 23.0 Å². The number of hydrogen-bond acceptors (Lipinski definition) is 6. The van der Waals surface area contributed by atoms with Gasteiger partial charge in [-0.15, -0.1) is 12.4 Å². The summed E-state index contributed by atoms with van der Waals surface area (Å²) < 4.78 is 6.72. The van der Waals surface area contributed by atoms with Gasteiger partial charge in [0.25, 0.3) is 11.7 Å². The van der Waals surface area contributed by atoms with Crippen molar-refractivity contribution < 1.29 is 9.32 Å². The van der Waals surface area contributed by atoms with Crippen LogP contribution in [0.25, 0.3) is 5.69 Å². The van der Waals surface area contributed by atoms with Crippen molar-refractivity contribution in [2.75, 3.05) is 0 Å². The Kier molecular flexibility index (Phi) is 4.21. The fourth-order valence-electron chi connectivity index (χ4n) is 2.58. The van der Waals surface area contributed by atoms with E-state index >= 15 is 0 Å². The van der Waals surface area contributed by atoms with Gasteiger partial charge in [0.1, 0.15) is 0 Å². The summed E-state index contributed by atoms with van der Waals surface area (Å²) in [5, 5.41) is 8.06. The lowest BCUT2D eigenvalue weighted by atomic mass is 9.77. The van der Waals surface area contributed by atoms with Gasteiger partial charge in [0.2, 0.25) is 0 Å². The molecule has 0 aliphatic heterocycles. The number of carbonyl (C=O) groups is 1. The molecule has 0 spiro atoms. The molecule has 0 amide bonds. The van der Waals surface area contributed by atoms with Crippen LogP contribution in [0.1, 0.15) is 41.3 Å². The molecule has 0 radical (unpaired) electrons. The lowest BCUT2D eigenvalue weighted by molar-refractivity contribution is 0.0994. The van der Waals surface area contributed by atoms with E-state index in [0.29, 0.717) is 11.4 Å². The van der Waals surface area contributed by atoms with Crippen molar-refractivity contribution in [1.29, 1.82) is 0 Å². The fourth-order valence-corrected chi connectivity index (χ4v) is 2.58. The van der Waals surface area contributed by atoms with E-state index < -0.39 is 5.54 Å². The molecule has 2 N–H and O–H groups in total. The summed E-state index contributed by atoms with van der Waals surface area (Å²) in [5.41, 5.74) is 6.86. The molecule has 1 aliphatic carbocycles. The standard InChI is InChI=1S/C16H15N5O2.ClH/c17-16(7-4-8-16)15-19-14(23-20-15)13(22)11-9-18-21(10-11)12-5-2-1-3-6-12;/h1-3,5-6,9-10H,4,7-8,17H2;1H. The van der Waals surface area contributed by atoms with E-state index in [2.05, 4.69) is 15.2 Å². The molecule has 1 aromatic carbocycles. The maximum atomic E-state index is 12.4. The Labute approximate surface area is 144 Å². The molecule has 0 unspecified atom stereocenters. The summed E-state index contributed by atoms with van der Waals surface area (Å²) in [6, 6.07) is 9.54. The number of benzene rings is 1. The molecule has 1 fully saturated rings. The van der Waals surface area contributed by atoms with Gasteiger partial charge in [-0.3, -0.25) is 4.79 Å². The summed E-state index contributed by atoms with van der Waals surface area (Å²) in [4.78, 5) is 16.6. The quantitative estimate of drug-likeness (QED) is 0.728. The normalized spacial score (nSPS) is 15.4. The number of halogens is 1. The van der Waals surface area contributed by atoms with E-state index in [1.807, 2.05) is 30.3 Å². The number of para-hydroxylation sites is 1. The van der Waals surface area contributed by atoms with E-state index in [-0.39, 0.29) is 24.1 Å². The average Bonchev–Trinajstić information content (AvgIpc) is 3.22. The van der Waals surface area contributed by atoms with E-state index in [1.165, 1.54) is 6.20 Å². The van der Waals surface area contributed by atoms with E-state index in [0.717, 1.165) is 24.9 Å². The van der Waals surface area contributed by atoms with Gasteiger partial charge < -0.3 is 10.3 Å². The summed E-state index contributed by atoms with van der Waals surface area (Å²) in [5.74, 6) is 0.000687. The van der Waals surface area contributed by atoms with Crippen molar-refractivity contribution in [2.24, 2.45) is 5.73 Å². The molecule has 2 heterocycles. The summed E-state index contributed by atoms with van der Waals surface area (Å²) >= 11 is 0. The Morgan fingerprint density at radius 3 is 2.67 bits per heavy atom. The SMILES string of the molecule is Cl.NC1(c2noc(C(=O)c3cnn(-c4ccccc4)c3)n2)CCC1. The zero-order valence-electron chi connectivity index (χ0n) is 12.8. The molecule has 2 aromatic heterocycles. The molecule has 1 saturated carbocycles. The Balaban J connectivity index is 0.00000169. The highest BCUT2D eigenvalue weighted by atomic mass is 35.5. The lowest BCUT2D eigenvalue weighted by Gasteiger charge is -2.34. The maximum Gasteiger partial charge on any atom is 0.299 e. The number of nitrogens with zero attached hydrogens (tertiary/aromatic N) is 4. The molecule has 0 atom stereocenters. The van der Waals surface area contributed by atoms with Crippen molar-refractivity contribution in [3.63, 3.8) is 0 Å². The predicted molar refractivity (Wildman–Crippen MR) is 88.3 cm³/mol. The van der Waals surface area contributed by atoms with Gasteiger partial charge in [0.15, 0.2) is 5.82 Å². The second-order valence-electron chi connectivity index (χ2n) is 5.77. The number of rotatable bonds is 4. The van der Waals surface area contributed by atoms with E-state index in [9.17, 15) is 4.79 Å². The second kappa shape index (κ2) is 6.18. The monoisotopic (exact) mass is 345 g/mol. The third-order valence-corrected chi connectivity index (χ3v) is 4.18. The predicted octanol–water partition coefficient (Wildman–Crippen LogP) is 2.25. The van der Waals surface area contributed by atoms with Gasteiger partial charge in [0, 0.05) is 6.20 Å². The Morgan fingerprint density at radius 1 is 1.25 bits per heavy atom. The van der Waals surface area contributed by atoms with Crippen LogP contribution in [-0.2, 0) is 5.54 Å². The topological polar surface area (TPSA) is 99.8 Å². The Bertz CT molecular complexity index is 854. The van der Waals surface area contributed by atoms with Crippen LogP contribution >= 0.6 is 12.4 Å². The minimum absolute atomic E-state index is 0. The van der Waals surface area contributed by atoms with Crippen molar-refractivity contribution in [1.82, 2.24) is 19.9 Å². The molecule has 124 valence electrons. The number of carbonyl (C=O) groups excluding carboxylic acids is 1. The van der Waals surface area contributed by atoms with E-state index in [4.69, 9.17) is 10.3 Å². The highest BCUT2D eigenvalue weighted by Crippen LogP contribution is 2.36. The number of hydrogen-bond donors (Lipinski definition) is 1. The van der Waals surface area contributed by atoms with Crippen molar-refractivity contribution in [3.8, 4) is 5.69 Å². The van der Waals surface area contributed by atoms with Crippen molar-refractivity contribution in [2.45, 2.75) is 24.8 Å². The third kappa shape index (κ3) is 2.72. The number of nitrogens with two attached hydrogens (primary N) is 1. The number of aromatic nitrogens is 4. The van der Waals surface area contributed by atoms with Gasteiger partial charge in [-0.1, -0.05) is 23.4 Å². The highest BCUT2D eigenvalue weighted by molar-refractivity contribution is 6.05. The summed E-state index contributed by atoms with van der Waals surface area (Å²) in [7, 11) is 0. The first-order valence-electron chi connectivity index (χ1n) is 7.44. The molecule has 8 heteroatoms. The van der Waals surface area contributed by atoms with Crippen molar-refractivity contribution >= 4 is 18.2 Å². The lowest BCUT2D eigenvalue weighted by Crippen LogP contribution is -2.44. The van der Waals surface area contributed by atoms with Gasteiger partial charge in [-0.25, -0.2) is 4.68 Å². The van der Waals surface area contributed by atoms with Crippen molar-refractivity contribution in [3.05, 3.63) is 60.0 Å². The second-order valence-corrected chi connectivity index (χ2v) is 5.77. The number of ketones is 1. The Morgan fingerprint density at radius 2 is 2.00 bits per heavy atom. The summed E-state index contributed by atoms with van der Waals surface area (Å²) in [6.45, 7) is 0. The maximum absolute atomic E-state index is 12.4. The minimum atomic E-state index is -0.545. The molecule has 4 rings (SSSR count). The molecule has 24 heavy (non-hydrogen) atoms. The first kappa shape index (κ1) is 16.4. The van der Waals surface area contributed by atoms with Crippen LogP contribution in [0.3, 0.4) is 0 Å². The van der Waals surface area contributed by atoms with Crippen LogP contribution in [0.2, 0.25) is 0 Å². The largest absolute Gasteiger partial charge is 0.330 e. The highest BCUT2D eigenvalue weighted by Gasteiger charge is 2.39. The van der Waals surface area contributed by atoms with Crippen LogP contribution in [0.5, 0.6) is 0 Å². The Hall–Kier alpha value is -2.51. The molecule has 0 saturated heterocycles. The van der Waals surface area contributed by atoms with Crippen LogP contribution in [0, 0.1) is 0 Å². The molecular weight excluding hydrogens is 330 g/mol. The van der Waals surface area contributed by atoms with Crippen LogP contribution < -0.4 is 5.73 Å². The third-order valence-electron chi connectivity index (χ3n) is 4.18. The smallest absolute Gasteiger partial charge is 0.299 e.